The summed E-state index contributed by atoms with van der Waals surface area (Å²) in [5, 5.41) is 8.81. The first-order chi connectivity index (χ1) is 14.2. The summed E-state index contributed by atoms with van der Waals surface area (Å²) < 4.78 is 1.75. The molecule has 0 saturated carbocycles. The highest BCUT2D eigenvalue weighted by Gasteiger charge is 2.20. The van der Waals surface area contributed by atoms with Crippen LogP contribution in [0.4, 0.5) is 0 Å². The van der Waals surface area contributed by atoms with Crippen LogP contribution >= 0.6 is 0 Å². The Morgan fingerprint density at radius 3 is 1.97 bits per heavy atom. The molecule has 0 N–H and O–H groups in total. The first kappa shape index (κ1) is 20.8. The topological polar surface area (TPSA) is 51.0 Å². The van der Waals surface area contributed by atoms with Crippen LogP contribution < -0.4 is 0 Å². The highest BCUT2D eigenvalue weighted by molar-refractivity contribution is 5.81. The predicted octanol–water partition coefficient (Wildman–Crippen LogP) is 5.04. The zero-order valence-electron chi connectivity index (χ0n) is 17.4. The van der Waals surface area contributed by atoms with Crippen molar-refractivity contribution in [1.29, 1.82) is 0 Å². The molecule has 0 fully saturated rings. The number of amides is 1. The van der Waals surface area contributed by atoms with Gasteiger partial charge in [0.2, 0.25) is 5.91 Å². The molecule has 3 rings (SSSR count). The Hall–Kier alpha value is -2.95. The van der Waals surface area contributed by atoms with Crippen molar-refractivity contribution in [1.82, 2.24) is 19.9 Å². The minimum absolute atomic E-state index is 0.105. The molecule has 0 radical (unpaired) electrons. The van der Waals surface area contributed by atoms with Crippen LogP contribution in [0.25, 0.3) is 22.5 Å². The molecule has 0 aliphatic rings. The standard InChI is InChI=1S/C24H30N4O/c1-3-5-17-27(18-6-4-2)22(29)19-28-24(21-15-11-8-12-16-21)23(25-26-28)20-13-9-7-10-14-20/h7-16H,3-6,17-19H2,1-2H3. The maximum absolute atomic E-state index is 13.1. The van der Waals surface area contributed by atoms with Gasteiger partial charge in [0, 0.05) is 24.2 Å². The summed E-state index contributed by atoms with van der Waals surface area (Å²) in [6.45, 7) is 6.11. The molecule has 0 saturated heterocycles. The van der Waals surface area contributed by atoms with Crippen molar-refractivity contribution in [2.24, 2.45) is 0 Å². The van der Waals surface area contributed by atoms with Crippen molar-refractivity contribution in [3.05, 3.63) is 60.7 Å². The van der Waals surface area contributed by atoms with Gasteiger partial charge in [-0.2, -0.15) is 0 Å². The summed E-state index contributed by atoms with van der Waals surface area (Å²) >= 11 is 0. The molecule has 5 heteroatoms. The van der Waals surface area contributed by atoms with Gasteiger partial charge in [-0.25, -0.2) is 4.68 Å². The van der Waals surface area contributed by atoms with E-state index in [4.69, 9.17) is 0 Å². The van der Waals surface area contributed by atoms with Gasteiger partial charge >= 0.3 is 0 Å². The Labute approximate surface area is 173 Å². The second-order valence-electron chi connectivity index (χ2n) is 7.26. The quantitative estimate of drug-likeness (QED) is 0.487. The molecule has 1 amide bonds. The fourth-order valence-electron chi connectivity index (χ4n) is 3.38. The number of aromatic nitrogens is 3. The number of hydrogen-bond donors (Lipinski definition) is 0. The van der Waals surface area contributed by atoms with Crippen molar-refractivity contribution in [2.45, 2.75) is 46.1 Å². The van der Waals surface area contributed by atoms with Crippen LogP contribution in [0.2, 0.25) is 0 Å². The van der Waals surface area contributed by atoms with Gasteiger partial charge in [-0.1, -0.05) is 92.6 Å². The molecule has 0 aliphatic carbocycles. The van der Waals surface area contributed by atoms with E-state index in [2.05, 4.69) is 24.2 Å². The molecule has 2 aromatic carbocycles. The number of unbranched alkanes of at least 4 members (excludes halogenated alkanes) is 2. The molecule has 0 atom stereocenters. The minimum atomic E-state index is 0.105. The predicted molar refractivity (Wildman–Crippen MR) is 117 cm³/mol. The van der Waals surface area contributed by atoms with E-state index in [1.165, 1.54) is 0 Å². The second-order valence-corrected chi connectivity index (χ2v) is 7.26. The molecule has 3 aromatic rings. The minimum Gasteiger partial charge on any atom is -0.341 e. The summed E-state index contributed by atoms with van der Waals surface area (Å²) in [6.07, 6.45) is 4.19. The van der Waals surface area contributed by atoms with Crippen LogP contribution in [-0.4, -0.2) is 38.9 Å². The summed E-state index contributed by atoms with van der Waals surface area (Å²) in [7, 11) is 0. The van der Waals surface area contributed by atoms with Crippen LogP contribution in [0, 0.1) is 0 Å². The number of carbonyl (C=O) groups is 1. The molecule has 5 nitrogen and oxygen atoms in total. The van der Waals surface area contributed by atoms with E-state index in [1.807, 2.05) is 65.6 Å². The Balaban J connectivity index is 1.92. The van der Waals surface area contributed by atoms with Crippen molar-refractivity contribution in [3.63, 3.8) is 0 Å². The molecule has 0 unspecified atom stereocenters. The van der Waals surface area contributed by atoms with Crippen LogP contribution in [0.1, 0.15) is 39.5 Å². The maximum atomic E-state index is 13.1. The zero-order chi connectivity index (χ0) is 20.5. The number of hydrogen-bond acceptors (Lipinski definition) is 3. The van der Waals surface area contributed by atoms with Crippen molar-refractivity contribution in [3.8, 4) is 22.5 Å². The highest BCUT2D eigenvalue weighted by Crippen LogP contribution is 2.30. The van der Waals surface area contributed by atoms with Crippen molar-refractivity contribution >= 4 is 5.91 Å². The lowest BCUT2D eigenvalue weighted by atomic mass is 10.0. The molecule has 29 heavy (non-hydrogen) atoms. The van der Waals surface area contributed by atoms with Gasteiger partial charge in [-0.05, 0) is 12.8 Å². The normalized spacial score (nSPS) is 10.8. The lowest BCUT2D eigenvalue weighted by molar-refractivity contribution is -0.132. The Bertz CT molecular complexity index is 882. The lowest BCUT2D eigenvalue weighted by Crippen LogP contribution is -2.35. The largest absolute Gasteiger partial charge is 0.341 e. The molecule has 1 heterocycles. The smallest absolute Gasteiger partial charge is 0.244 e. The van der Waals surface area contributed by atoms with E-state index in [0.717, 1.165) is 61.3 Å². The van der Waals surface area contributed by atoms with E-state index >= 15 is 0 Å². The first-order valence-electron chi connectivity index (χ1n) is 10.6. The fraction of sp³-hybridized carbons (Fsp3) is 0.375. The number of rotatable bonds is 10. The van der Waals surface area contributed by atoms with Gasteiger partial charge in [0.25, 0.3) is 0 Å². The SMILES string of the molecule is CCCCN(CCCC)C(=O)Cn1nnc(-c2ccccc2)c1-c1ccccc1. The average molecular weight is 391 g/mol. The summed E-state index contributed by atoms with van der Waals surface area (Å²) in [5.74, 6) is 0.105. The van der Waals surface area contributed by atoms with Gasteiger partial charge in [-0.3, -0.25) is 4.79 Å². The molecule has 0 aliphatic heterocycles. The number of nitrogens with zero attached hydrogens (tertiary/aromatic N) is 4. The third kappa shape index (κ3) is 5.31. The first-order valence-corrected chi connectivity index (χ1v) is 10.6. The van der Waals surface area contributed by atoms with Gasteiger partial charge in [0.15, 0.2) is 0 Å². The lowest BCUT2D eigenvalue weighted by Gasteiger charge is -2.22. The molecule has 0 bridgehead atoms. The summed E-state index contributed by atoms with van der Waals surface area (Å²) in [4.78, 5) is 15.1. The van der Waals surface area contributed by atoms with Crippen LogP contribution in [0.15, 0.2) is 60.7 Å². The van der Waals surface area contributed by atoms with E-state index in [0.29, 0.717) is 0 Å². The molecule has 1 aromatic heterocycles. The van der Waals surface area contributed by atoms with Crippen molar-refractivity contribution < 1.29 is 4.79 Å². The fourth-order valence-corrected chi connectivity index (χ4v) is 3.38. The zero-order valence-corrected chi connectivity index (χ0v) is 17.4. The van der Waals surface area contributed by atoms with Gasteiger partial charge in [0.1, 0.15) is 12.2 Å². The van der Waals surface area contributed by atoms with Crippen molar-refractivity contribution in [2.75, 3.05) is 13.1 Å². The van der Waals surface area contributed by atoms with E-state index in [-0.39, 0.29) is 12.5 Å². The van der Waals surface area contributed by atoms with E-state index in [1.54, 1.807) is 4.68 Å². The number of benzene rings is 2. The molecular formula is C24H30N4O. The molecule has 152 valence electrons. The monoisotopic (exact) mass is 390 g/mol. The Morgan fingerprint density at radius 2 is 1.41 bits per heavy atom. The van der Waals surface area contributed by atoms with Gasteiger partial charge < -0.3 is 4.90 Å². The third-order valence-electron chi connectivity index (χ3n) is 5.03. The van der Waals surface area contributed by atoms with Crippen LogP contribution in [0.3, 0.4) is 0 Å². The summed E-state index contributed by atoms with van der Waals surface area (Å²) in [5.41, 5.74) is 3.70. The second kappa shape index (κ2) is 10.6. The third-order valence-corrected chi connectivity index (χ3v) is 5.03. The number of carbonyl (C=O) groups excluding carboxylic acids is 1. The average Bonchev–Trinajstić information content (AvgIpc) is 3.18. The maximum Gasteiger partial charge on any atom is 0.244 e. The molecular weight excluding hydrogens is 360 g/mol. The highest BCUT2D eigenvalue weighted by atomic mass is 16.2. The van der Waals surface area contributed by atoms with Gasteiger partial charge in [0.05, 0.1) is 5.69 Å². The van der Waals surface area contributed by atoms with Crippen LogP contribution in [0.5, 0.6) is 0 Å². The Morgan fingerprint density at radius 1 is 0.862 bits per heavy atom. The Kier molecular flexibility index (Phi) is 7.56. The van der Waals surface area contributed by atoms with E-state index < -0.39 is 0 Å². The van der Waals surface area contributed by atoms with E-state index in [9.17, 15) is 4.79 Å². The molecule has 0 spiro atoms. The van der Waals surface area contributed by atoms with Crippen LogP contribution in [-0.2, 0) is 11.3 Å². The van der Waals surface area contributed by atoms with Gasteiger partial charge in [-0.15, -0.1) is 5.10 Å². The summed E-state index contributed by atoms with van der Waals surface area (Å²) in [6, 6.07) is 20.1.